The molecule has 1 aliphatic heterocycles. The van der Waals surface area contributed by atoms with Gasteiger partial charge in [-0.05, 0) is 87.7 Å². The maximum Gasteiger partial charge on any atom is 0.309 e. The van der Waals surface area contributed by atoms with Crippen molar-refractivity contribution in [1.82, 2.24) is 0 Å². The van der Waals surface area contributed by atoms with Gasteiger partial charge in [0, 0.05) is 17.3 Å². The molecule has 5 rings (SSSR count). The lowest BCUT2D eigenvalue weighted by Crippen LogP contribution is -2.63. The highest BCUT2D eigenvalue weighted by Gasteiger charge is 2.69. The first kappa shape index (κ1) is 27.3. The van der Waals surface area contributed by atoms with Crippen LogP contribution in [0.15, 0.2) is 11.6 Å². The Morgan fingerprint density at radius 1 is 1.11 bits per heavy atom. The monoisotopic (exact) mass is 520 g/mol. The molecule has 0 radical (unpaired) electrons. The third kappa shape index (κ3) is 3.65. The first-order valence-corrected chi connectivity index (χ1v) is 14.0. The summed E-state index contributed by atoms with van der Waals surface area (Å²) in [6, 6.07) is 0. The summed E-state index contributed by atoms with van der Waals surface area (Å²) in [4.78, 5) is 25.4. The topological polar surface area (TPSA) is 145 Å². The molecule has 0 amide bonds. The average Bonchev–Trinajstić information content (AvgIpc) is 3.23. The fraction of sp³-hybridized carbons (Fsp3) is 0.862. The molecule has 1 saturated heterocycles. The Labute approximate surface area is 219 Å². The van der Waals surface area contributed by atoms with E-state index in [1.165, 1.54) is 0 Å². The number of aliphatic hydroxyl groups is 5. The zero-order valence-electron chi connectivity index (χ0n) is 22.7. The molecular weight excluding hydrogens is 476 g/mol. The number of esters is 1. The van der Waals surface area contributed by atoms with Gasteiger partial charge in [-0.3, -0.25) is 9.59 Å². The summed E-state index contributed by atoms with van der Waals surface area (Å²) in [5.74, 6) is -1.88. The smallest absolute Gasteiger partial charge is 0.309 e. The second-order valence-corrected chi connectivity index (χ2v) is 13.7. The zero-order valence-corrected chi connectivity index (χ0v) is 22.7. The molecule has 208 valence electrons. The number of carbonyl (C=O) groups is 2. The highest BCUT2D eigenvalue weighted by atomic mass is 16.6. The molecule has 0 unspecified atom stereocenters. The zero-order chi connectivity index (χ0) is 27.3. The van der Waals surface area contributed by atoms with E-state index in [0.29, 0.717) is 37.7 Å². The Morgan fingerprint density at radius 2 is 1.78 bits per heavy atom. The molecule has 5 aliphatic rings. The second kappa shape index (κ2) is 8.59. The van der Waals surface area contributed by atoms with E-state index in [-0.39, 0.29) is 48.5 Å². The number of ether oxygens (including phenoxy) is 1. The van der Waals surface area contributed by atoms with Crippen molar-refractivity contribution in [2.24, 2.45) is 40.4 Å². The minimum atomic E-state index is -1.52. The summed E-state index contributed by atoms with van der Waals surface area (Å²) >= 11 is 0. The Morgan fingerprint density at radius 3 is 2.41 bits per heavy atom. The fourth-order valence-corrected chi connectivity index (χ4v) is 9.39. The largest absolute Gasteiger partial charge is 0.462 e. The fourth-order valence-electron chi connectivity index (χ4n) is 9.39. The van der Waals surface area contributed by atoms with Crippen LogP contribution in [0.5, 0.6) is 0 Å². The summed E-state index contributed by atoms with van der Waals surface area (Å²) in [6.07, 6.45) is 1.21. The number of ketones is 1. The van der Waals surface area contributed by atoms with E-state index in [2.05, 4.69) is 0 Å². The number of carbonyl (C=O) groups excluding carboxylic acids is 2. The van der Waals surface area contributed by atoms with E-state index in [4.69, 9.17) is 4.74 Å². The number of hydrogen-bond donors (Lipinski definition) is 5. The van der Waals surface area contributed by atoms with E-state index in [1.807, 2.05) is 20.8 Å². The van der Waals surface area contributed by atoms with Gasteiger partial charge in [0.25, 0.3) is 0 Å². The van der Waals surface area contributed by atoms with Crippen molar-refractivity contribution < 1.29 is 39.9 Å². The molecule has 1 heterocycles. The highest BCUT2D eigenvalue weighted by molar-refractivity contribution is 5.95. The third-order valence-electron chi connectivity index (χ3n) is 11.9. The van der Waals surface area contributed by atoms with Gasteiger partial charge in [-0.25, -0.2) is 0 Å². The van der Waals surface area contributed by atoms with Crippen LogP contribution in [0.3, 0.4) is 0 Å². The Hall–Kier alpha value is -1.32. The van der Waals surface area contributed by atoms with Gasteiger partial charge in [0.15, 0.2) is 5.78 Å². The van der Waals surface area contributed by atoms with Gasteiger partial charge in [-0.1, -0.05) is 20.8 Å². The lowest BCUT2D eigenvalue weighted by molar-refractivity contribution is -0.178. The molecule has 0 aromatic heterocycles. The second-order valence-electron chi connectivity index (χ2n) is 13.7. The van der Waals surface area contributed by atoms with Crippen molar-refractivity contribution in [3.63, 3.8) is 0 Å². The summed E-state index contributed by atoms with van der Waals surface area (Å²) in [5, 5.41) is 56.2. The summed E-state index contributed by atoms with van der Waals surface area (Å²) < 4.78 is 5.34. The maximum absolute atomic E-state index is 13.3. The number of hydrogen-bond acceptors (Lipinski definition) is 8. The minimum absolute atomic E-state index is 0.104. The highest BCUT2D eigenvalue weighted by Crippen LogP contribution is 2.68. The SMILES string of the molecule is C[C@@H]1OC(=O)[C@@H](C)[C@H]1C[C@@H](O)[C@](C)(O)[C@@H]1CC[C@@]2(O)C3=CC(=O)[C@H]4C[C@@H](O)[C@@H](O)C[C@]4(C)[C@@H]3CC[C@]12C. The van der Waals surface area contributed by atoms with Crippen LogP contribution in [0.1, 0.15) is 79.6 Å². The Kier molecular flexibility index (Phi) is 6.33. The van der Waals surface area contributed by atoms with Gasteiger partial charge in [0.05, 0.1) is 35.4 Å². The van der Waals surface area contributed by atoms with Gasteiger partial charge in [0.1, 0.15) is 6.10 Å². The predicted molar refractivity (Wildman–Crippen MR) is 134 cm³/mol. The number of fused-ring (bicyclic) bond motifs is 5. The van der Waals surface area contributed by atoms with Crippen LogP contribution in [-0.2, 0) is 14.3 Å². The van der Waals surface area contributed by atoms with Crippen LogP contribution in [0.4, 0.5) is 0 Å². The van der Waals surface area contributed by atoms with Gasteiger partial charge >= 0.3 is 5.97 Å². The lowest BCUT2D eigenvalue weighted by Gasteiger charge is -2.60. The molecule has 4 fully saturated rings. The summed E-state index contributed by atoms with van der Waals surface area (Å²) in [5.41, 5.74) is -3.47. The van der Waals surface area contributed by atoms with Crippen LogP contribution in [0.2, 0.25) is 0 Å². The van der Waals surface area contributed by atoms with E-state index in [9.17, 15) is 35.1 Å². The lowest BCUT2D eigenvalue weighted by atomic mass is 9.45. The van der Waals surface area contributed by atoms with E-state index >= 15 is 0 Å². The molecule has 4 aliphatic carbocycles. The van der Waals surface area contributed by atoms with Crippen molar-refractivity contribution in [1.29, 1.82) is 0 Å². The summed E-state index contributed by atoms with van der Waals surface area (Å²) in [7, 11) is 0. The summed E-state index contributed by atoms with van der Waals surface area (Å²) in [6.45, 7) is 9.21. The van der Waals surface area contributed by atoms with Crippen LogP contribution in [0.25, 0.3) is 0 Å². The number of cyclic esters (lactones) is 1. The van der Waals surface area contributed by atoms with Crippen LogP contribution >= 0.6 is 0 Å². The van der Waals surface area contributed by atoms with Crippen molar-refractivity contribution in [3.8, 4) is 0 Å². The van der Waals surface area contributed by atoms with E-state index in [0.717, 1.165) is 0 Å². The first-order valence-electron chi connectivity index (χ1n) is 14.0. The molecule has 3 saturated carbocycles. The molecule has 8 nitrogen and oxygen atoms in total. The Balaban J connectivity index is 1.44. The molecule has 5 N–H and O–H groups in total. The average molecular weight is 521 g/mol. The molecule has 0 aromatic rings. The molecular formula is C29H44O8. The van der Waals surface area contributed by atoms with Crippen molar-refractivity contribution in [2.45, 2.75) is 115 Å². The number of aliphatic hydroxyl groups excluding tert-OH is 3. The first-order chi connectivity index (χ1) is 17.1. The number of rotatable bonds is 4. The Bertz CT molecular complexity index is 1010. The van der Waals surface area contributed by atoms with Crippen LogP contribution in [-0.4, -0.2) is 72.9 Å². The molecule has 13 atom stereocenters. The van der Waals surface area contributed by atoms with Gasteiger partial charge in [0.2, 0.25) is 0 Å². The molecule has 0 bridgehead atoms. The molecule has 37 heavy (non-hydrogen) atoms. The van der Waals surface area contributed by atoms with Crippen LogP contribution < -0.4 is 0 Å². The standard InChI is InChI=1S/C29H44O8/c1-14-16(15(2)37-25(14)34)10-24(33)28(5,35)23-7-9-29(36)18-11-20(30)19-12-21(31)22(32)13-26(19,3)17(18)6-8-27(23,29)4/h11,14-17,19,21-24,31-33,35-36H,6-10,12-13H2,1-5H3/t14-,15-,16+,17+,19+,21+,22-,23+,24+,26+,27+,28+,29+/m0/s1. The predicted octanol–water partition coefficient (Wildman–Crippen LogP) is 1.89. The minimum Gasteiger partial charge on any atom is -0.462 e. The van der Waals surface area contributed by atoms with Crippen molar-refractivity contribution >= 4 is 11.8 Å². The number of allylic oxidation sites excluding steroid dienone is 1. The normalized spacial score (nSPS) is 51.9. The van der Waals surface area contributed by atoms with Gasteiger partial charge in [-0.2, -0.15) is 0 Å². The quantitative estimate of drug-likeness (QED) is 0.354. The van der Waals surface area contributed by atoms with Gasteiger partial charge < -0.3 is 30.3 Å². The van der Waals surface area contributed by atoms with Crippen molar-refractivity contribution in [3.05, 3.63) is 11.6 Å². The third-order valence-corrected chi connectivity index (χ3v) is 11.9. The molecule has 0 spiro atoms. The molecule has 0 aromatic carbocycles. The van der Waals surface area contributed by atoms with Crippen LogP contribution in [0, 0.1) is 40.4 Å². The van der Waals surface area contributed by atoms with Gasteiger partial charge in [-0.15, -0.1) is 0 Å². The molecule has 8 heteroatoms. The van der Waals surface area contributed by atoms with Crippen molar-refractivity contribution in [2.75, 3.05) is 0 Å². The van der Waals surface area contributed by atoms with E-state index < -0.39 is 52.2 Å². The van der Waals surface area contributed by atoms with E-state index in [1.54, 1.807) is 19.9 Å². The maximum atomic E-state index is 13.3.